The van der Waals surface area contributed by atoms with E-state index >= 15 is 0 Å². The Morgan fingerprint density at radius 2 is 1.54 bits per heavy atom. The number of aldehydes is 1. The van der Waals surface area contributed by atoms with E-state index in [0.717, 1.165) is 22.3 Å². The summed E-state index contributed by atoms with van der Waals surface area (Å²) in [6.07, 6.45) is 1.02. The molecule has 0 radical (unpaired) electrons. The van der Waals surface area contributed by atoms with Crippen LogP contribution in [0.2, 0.25) is 0 Å². The van der Waals surface area contributed by atoms with E-state index in [1.165, 1.54) is 11.9 Å². The van der Waals surface area contributed by atoms with Crippen molar-refractivity contribution in [3.8, 4) is 16.9 Å². The lowest BCUT2D eigenvalue weighted by atomic mass is 10.00. The maximum atomic E-state index is 13.1. The number of amides is 4. The van der Waals surface area contributed by atoms with Gasteiger partial charge in [-0.05, 0) is 40.8 Å². The molecular weight excluding hydrogens is 524 g/mol. The van der Waals surface area contributed by atoms with Gasteiger partial charge in [0.15, 0.2) is 6.61 Å². The normalized spacial score (nSPS) is 19.1. The molecule has 10 heteroatoms. The summed E-state index contributed by atoms with van der Waals surface area (Å²) in [5.41, 5.74) is 3.61. The van der Waals surface area contributed by atoms with Crippen molar-refractivity contribution < 1.29 is 28.7 Å². The minimum Gasteiger partial charge on any atom is -0.484 e. The number of likely N-dealkylation sites (N-methyl/N-ethyl adjacent to an activating group) is 1. The highest BCUT2D eigenvalue weighted by Crippen LogP contribution is 2.20. The van der Waals surface area contributed by atoms with Crippen molar-refractivity contribution in [3.63, 3.8) is 0 Å². The lowest BCUT2D eigenvalue weighted by Crippen LogP contribution is -2.52. The highest BCUT2D eigenvalue weighted by atomic mass is 16.5. The molecule has 0 spiro atoms. The molecule has 0 aliphatic carbocycles. The van der Waals surface area contributed by atoms with E-state index in [-0.39, 0.29) is 32.5 Å². The van der Waals surface area contributed by atoms with Gasteiger partial charge in [-0.1, -0.05) is 66.7 Å². The number of nitrogens with zero attached hydrogens (tertiary/aromatic N) is 1. The molecule has 10 nitrogen and oxygen atoms in total. The summed E-state index contributed by atoms with van der Waals surface area (Å²) in [4.78, 5) is 63.9. The number of fused-ring (bicyclic) bond motifs is 16. The van der Waals surface area contributed by atoms with Crippen LogP contribution < -0.4 is 20.7 Å². The van der Waals surface area contributed by atoms with Gasteiger partial charge in [0.25, 0.3) is 5.91 Å². The van der Waals surface area contributed by atoms with Crippen molar-refractivity contribution in [1.29, 1.82) is 0 Å². The summed E-state index contributed by atoms with van der Waals surface area (Å²) in [6, 6.07) is 22.4. The number of nitrogens with one attached hydrogen (secondary N) is 3. The Bertz CT molecular complexity index is 1380. The van der Waals surface area contributed by atoms with E-state index in [4.69, 9.17) is 4.74 Å². The molecule has 0 saturated heterocycles. The molecule has 3 aromatic carbocycles. The molecule has 0 aromatic heterocycles. The van der Waals surface area contributed by atoms with Gasteiger partial charge in [0, 0.05) is 13.5 Å². The zero-order chi connectivity index (χ0) is 29.2. The van der Waals surface area contributed by atoms with Gasteiger partial charge in [0.1, 0.15) is 18.1 Å². The highest BCUT2D eigenvalue weighted by Gasteiger charge is 2.24. The van der Waals surface area contributed by atoms with Crippen molar-refractivity contribution in [2.45, 2.75) is 24.9 Å². The number of hydrogen-bond donors (Lipinski definition) is 3. The molecule has 0 fully saturated rings. The van der Waals surface area contributed by atoms with E-state index in [9.17, 15) is 24.0 Å². The van der Waals surface area contributed by atoms with Gasteiger partial charge in [-0.2, -0.15) is 0 Å². The van der Waals surface area contributed by atoms with Crippen LogP contribution in [0.4, 0.5) is 0 Å². The molecule has 212 valence electrons. The Kier molecular flexibility index (Phi) is 9.82. The SMILES string of the molecule is CN1CC(=O)N[C@H](Cc2ccc(-c3ccccc3)cc2)C(=O)NCC(=O)N[C@H](C=O)Cc2ccc(cc2)OCC1=O. The largest absolute Gasteiger partial charge is 0.484 e. The van der Waals surface area contributed by atoms with E-state index in [0.29, 0.717) is 12.0 Å². The van der Waals surface area contributed by atoms with Crippen LogP contribution in [-0.4, -0.2) is 73.6 Å². The number of rotatable bonds is 4. The Labute approximate surface area is 238 Å². The topological polar surface area (TPSA) is 134 Å². The van der Waals surface area contributed by atoms with Crippen molar-refractivity contribution in [3.05, 3.63) is 90.0 Å². The zero-order valence-corrected chi connectivity index (χ0v) is 22.7. The first-order valence-electron chi connectivity index (χ1n) is 13.2. The first-order valence-corrected chi connectivity index (χ1v) is 13.2. The second kappa shape index (κ2) is 13.9. The summed E-state index contributed by atoms with van der Waals surface area (Å²) < 4.78 is 5.54. The van der Waals surface area contributed by atoms with Crippen LogP contribution in [-0.2, 0) is 36.8 Å². The maximum absolute atomic E-state index is 13.1. The quantitative estimate of drug-likeness (QED) is 0.328. The second-order valence-corrected chi connectivity index (χ2v) is 9.80. The van der Waals surface area contributed by atoms with E-state index in [1.807, 2.05) is 54.6 Å². The summed E-state index contributed by atoms with van der Waals surface area (Å²) >= 11 is 0. The third-order valence-electron chi connectivity index (χ3n) is 6.63. The number of benzene rings is 3. The standard InChI is InChI=1S/C31H32N4O6/c1-35-18-29(38)34-27(16-22-7-11-24(12-8-22)23-5-3-2-4-6-23)31(40)32-17-28(37)33-25(19-36)15-21-9-13-26(14-10-21)41-20-30(35)39/h2-14,19,25,27H,15-18,20H2,1H3,(H,32,40)(H,33,37)(H,34,38)/t25-,27+/m0/s1. The Morgan fingerprint density at radius 1 is 0.854 bits per heavy atom. The van der Waals surface area contributed by atoms with Gasteiger partial charge in [-0.25, -0.2) is 0 Å². The molecule has 0 unspecified atom stereocenters. The summed E-state index contributed by atoms with van der Waals surface area (Å²) in [5, 5.41) is 7.84. The third-order valence-corrected chi connectivity index (χ3v) is 6.63. The fourth-order valence-corrected chi connectivity index (χ4v) is 4.36. The smallest absolute Gasteiger partial charge is 0.260 e. The molecule has 2 heterocycles. The van der Waals surface area contributed by atoms with Crippen molar-refractivity contribution in [2.24, 2.45) is 0 Å². The average Bonchev–Trinajstić information content (AvgIpc) is 2.99. The summed E-state index contributed by atoms with van der Waals surface area (Å²) in [7, 11) is 1.47. The van der Waals surface area contributed by atoms with Crippen LogP contribution in [0.3, 0.4) is 0 Å². The van der Waals surface area contributed by atoms with E-state index < -0.39 is 35.7 Å². The predicted octanol–water partition coefficient (Wildman–Crippen LogP) is 1.27. The van der Waals surface area contributed by atoms with Crippen LogP contribution in [0.25, 0.3) is 11.1 Å². The van der Waals surface area contributed by atoms with Crippen molar-refractivity contribution >= 4 is 29.9 Å². The molecular formula is C31H32N4O6. The second-order valence-electron chi connectivity index (χ2n) is 9.80. The molecule has 5 rings (SSSR count). The monoisotopic (exact) mass is 556 g/mol. The highest BCUT2D eigenvalue weighted by molar-refractivity contribution is 5.92. The lowest BCUT2D eigenvalue weighted by molar-refractivity contribution is -0.137. The Hall–Kier alpha value is -4.99. The van der Waals surface area contributed by atoms with Gasteiger partial charge in [0.2, 0.25) is 17.7 Å². The fourth-order valence-electron chi connectivity index (χ4n) is 4.36. The first-order chi connectivity index (χ1) is 19.8. The molecule has 2 aliphatic heterocycles. The average molecular weight is 557 g/mol. The first kappa shape index (κ1) is 29.0. The van der Waals surface area contributed by atoms with Gasteiger partial charge in [-0.15, -0.1) is 0 Å². The summed E-state index contributed by atoms with van der Waals surface area (Å²) in [5.74, 6) is -1.65. The number of carbonyl (C=O) groups is 5. The van der Waals surface area contributed by atoms with Crippen LogP contribution in [0.5, 0.6) is 5.75 Å². The predicted molar refractivity (Wildman–Crippen MR) is 152 cm³/mol. The van der Waals surface area contributed by atoms with Crippen LogP contribution in [0, 0.1) is 0 Å². The molecule has 0 saturated carbocycles. The lowest BCUT2D eigenvalue weighted by Gasteiger charge is -2.22. The molecule has 41 heavy (non-hydrogen) atoms. The number of hydrogen-bond acceptors (Lipinski definition) is 6. The molecule has 4 amide bonds. The molecule has 3 N–H and O–H groups in total. The van der Waals surface area contributed by atoms with Crippen LogP contribution in [0.15, 0.2) is 78.9 Å². The van der Waals surface area contributed by atoms with Crippen LogP contribution >= 0.6 is 0 Å². The molecule has 2 aliphatic rings. The molecule has 2 atom stereocenters. The zero-order valence-electron chi connectivity index (χ0n) is 22.7. The van der Waals surface area contributed by atoms with Gasteiger partial charge < -0.3 is 30.4 Å². The molecule has 3 aromatic rings. The molecule has 2 bridgehead atoms. The minimum atomic E-state index is -1.02. The van der Waals surface area contributed by atoms with Crippen molar-refractivity contribution in [1.82, 2.24) is 20.9 Å². The minimum absolute atomic E-state index is 0.153. The number of ether oxygens (including phenoxy) is 1. The van der Waals surface area contributed by atoms with Gasteiger partial charge >= 0.3 is 0 Å². The Balaban J connectivity index is 1.50. The van der Waals surface area contributed by atoms with Gasteiger partial charge in [0.05, 0.1) is 19.1 Å². The van der Waals surface area contributed by atoms with Crippen molar-refractivity contribution in [2.75, 3.05) is 26.7 Å². The Morgan fingerprint density at radius 3 is 2.22 bits per heavy atom. The number of carbonyl (C=O) groups excluding carboxylic acids is 5. The fraction of sp³-hybridized carbons (Fsp3) is 0.258. The van der Waals surface area contributed by atoms with E-state index in [1.54, 1.807) is 24.3 Å². The maximum Gasteiger partial charge on any atom is 0.260 e. The third kappa shape index (κ3) is 8.50. The summed E-state index contributed by atoms with van der Waals surface area (Å²) in [6.45, 7) is -0.958. The van der Waals surface area contributed by atoms with Crippen LogP contribution in [0.1, 0.15) is 11.1 Å². The van der Waals surface area contributed by atoms with Gasteiger partial charge in [-0.3, -0.25) is 19.2 Å². The van der Waals surface area contributed by atoms with E-state index in [2.05, 4.69) is 16.0 Å².